The summed E-state index contributed by atoms with van der Waals surface area (Å²) in [6.07, 6.45) is -4.31. The van der Waals surface area contributed by atoms with Gasteiger partial charge in [-0.15, -0.1) is 24.8 Å². The van der Waals surface area contributed by atoms with E-state index in [0.29, 0.717) is 6.04 Å². The second kappa shape index (κ2) is 8.56. The van der Waals surface area contributed by atoms with E-state index >= 15 is 0 Å². The Hall–Kier alpha value is -0.850. The monoisotopic (exact) mass is 346 g/mol. The van der Waals surface area contributed by atoms with Crippen LogP contribution in [-0.4, -0.2) is 38.5 Å². The molecule has 1 unspecified atom stereocenters. The molecule has 1 aromatic carbocycles. The number of nitrogens with zero attached hydrogens (tertiary/aromatic N) is 1. The SMILES string of the molecule is CC1CNCCN1c1cccc(OCC(F)(F)F)c1.Cl.Cl. The second-order valence-corrected chi connectivity index (χ2v) is 4.65. The number of hydrogen-bond donors (Lipinski definition) is 1. The largest absolute Gasteiger partial charge is 0.484 e. The van der Waals surface area contributed by atoms with Gasteiger partial charge in [0.1, 0.15) is 5.75 Å². The van der Waals surface area contributed by atoms with Gasteiger partial charge in [-0.2, -0.15) is 13.2 Å². The topological polar surface area (TPSA) is 24.5 Å². The molecule has 2 rings (SSSR count). The minimum Gasteiger partial charge on any atom is -0.484 e. The van der Waals surface area contributed by atoms with Crippen LogP contribution in [0.5, 0.6) is 5.75 Å². The first-order valence-electron chi connectivity index (χ1n) is 6.23. The molecule has 122 valence electrons. The number of benzene rings is 1. The van der Waals surface area contributed by atoms with Crippen molar-refractivity contribution in [3.8, 4) is 5.75 Å². The predicted octanol–water partition coefficient (Wildman–Crippen LogP) is 3.27. The normalized spacial score (nSPS) is 18.5. The molecule has 21 heavy (non-hydrogen) atoms. The Bertz CT molecular complexity index is 432. The Kier molecular flexibility index (Phi) is 8.21. The van der Waals surface area contributed by atoms with Crippen molar-refractivity contribution in [1.82, 2.24) is 5.32 Å². The van der Waals surface area contributed by atoms with Gasteiger partial charge in [-0.05, 0) is 19.1 Å². The molecule has 0 spiro atoms. The molecule has 8 heteroatoms. The van der Waals surface area contributed by atoms with Crippen molar-refractivity contribution < 1.29 is 17.9 Å². The Morgan fingerprint density at radius 2 is 2.05 bits per heavy atom. The van der Waals surface area contributed by atoms with E-state index in [1.807, 2.05) is 6.07 Å². The van der Waals surface area contributed by atoms with Gasteiger partial charge in [0, 0.05) is 37.4 Å². The number of rotatable bonds is 3. The van der Waals surface area contributed by atoms with Crippen molar-refractivity contribution in [2.75, 3.05) is 31.1 Å². The van der Waals surface area contributed by atoms with Crippen molar-refractivity contribution in [3.05, 3.63) is 24.3 Å². The average Bonchev–Trinajstić information content (AvgIpc) is 2.36. The van der Waals surface area contributed by atoms with Gasteiger partial charge in [0.25, 0.3) is 0 Å². The average molecular weight is 347 g/mol. The van der Waals surface area contributed by atoms with Gasteiger partial charge in [-0.3, -0.25) is 0 Å². The molecule has 1 saturated heterocycles. The third-order valence-corrected chi connectivity index (χ3v) is 3.05. The Labute approximate surface area is 134 Å². The minimum absolute atomic E-state index is 0. The van der Waals surface area contributed by atoms with E-state index < -0.39 is 12.8 Å². The molecule has 1 aliphatic rings. The summed E-state index contributed by atoms with van der Waals surface area (Å²) in [4.78, 5) is 2.16. The summed E-state index contributed by atoms with van der Waals surface area (Å²) < 4.78 is 41.1. The van der Waals surface area contributed by atoms with Gasteiger partial charge >= 0.3 is 6.18 Å². The van der Waals surface area contributed by atoms with Crippen LogP contribution in [0, 0.1) is 0 Å². The second-order valence-electron chi connectivity index (χ2n) is 4.65. The lowest BCUT2D eigenvalue weighted by atomic mass is 10.2. The minimum atomic E-state index is -4.31. The van der Waals surface area contributed by atoms with Crippen LogP contribution in [0.25, 0.3) is 0 Å². The molecule has 3 nitrogen and oxygen atoms in total. The first-order chi connectivity index (χ1) is 8.96. The smallest absolute Gasteiger partial charge is 0.422 e. The van der Waals surface area contributed by atoms with E-state index in [0.717, 1.165) is 25.3 Å². The van der Waals surface area contributed by atoms with Crippen LogP contribution in [0.3, 0.4) is 0 Å². The molecular weight excluding hydrogens is 328 g/mol. The van der Waals surface area contributed by atoms with Gasteiger partial charge in [0.15, 0.2) is 6.61 Å². The number of hydrogen-bond acceptors (Lipinski definition) is 3. The van der Waals surface area contributed by atoms with Gasteiger partial charge < -0.3 is 15.0 Å². The zero-order valence-electron chi connectivity index (χ0n) is 11.5. The summed E-state index contributed by atoms with van der Waals surface area (Å²) in [6, 6.07) is 7.12. The van der Waals surface area contributed by atoms with E-state index in [2.05, 4.69) is 17.1 Å². The first-order valence-corrected chi connectivity index (χ1v) is 6.23. The highest BCUT2D eigenvalue weighted by molar-refractivity contribution is 5.85. The zero-order valence-corrected chi connectivity index (χ0v) is 13.2. The molecule has 0 saturated carbocycles. The Morgan fingerprint density at radius 3 is 2.67 bits per heavy atom. The van der Waals surface area contributed by atoms with Crippen LogP contribution in [-0.2, 0) is 0 Å². The highest BCUT2D eigenvalue weighted by atomic mass is 35.5. The first kappa shape index (κ1) is 20.1. The fraction of sp³-hybridized carbons (Fsp3) is 0.538. The summed E-state index contributed by atoms with van der Waals surface area (Å²) in [7, 11) is 0. The molecule has 1 aromatic rings. The van der Waals surface area contributed by atoms with Crippen molar-refractivity contribution in [2.45, 2.75) is 19.1 Å². The van der Waals surface area contributed by atoms with E-state index in [-0.39, 0.29) is 30.6 Å². The third-order valence-electron chi connectivity index (χ3n) is 3.05. The number of alkyl halides is 3. The molecule has 0 aromatic heterocycles. The fourth-order valence-corrected chi connectivity index (χ4v) is 2.14. The van der Waals surface area contributed by atoms with E-state index in [1.54, 1.807) is 18.2 Å². The lowest BCUT2D eigenvalue weighted by molar-refractivity contribution is -0.153. The third kappa shape index (κ3) is 6.20. The van der Waals surface area contributed by atoms with Gasteiger partial charge in [0.2, 0.25) is 0 Å². The summed E-state index contributed by atoms with van der Waals surface area (Å²) in [6.45, 7) is 3.40. The number of nitrogens with one attached hydrogen (secondary N) is 1. The molecule has 0 radical (unpaired) electrons. The van der Waals surface area contributed by atoms with E-state index in [1.165, 1.54) is 0 Å². The number of halogens is 5. The van der Waals surface area contributed by atoms with Gasteiger partial charge in [-0.1, -0.05) is 6.07 Å². The van der Waals surface area contributed by atoms with Crippen molar-refractivity contribution in [3.63, 3.8) is 0 Å². The standard InChI is InChI=1S/C13H17F3N2O.2ClH/c1-10-8-17-5-6-18(10)11-3-2-4-12(7-11)19-9-13(14,15)16;;/h2-4,7,10,17H,5-6,8-9H2,1H3;2*1H. The molecule has 1 fully saturated rings. The highest BCUT2D eigenvalue weighted by Crippen LogP contribution is 2.25. The zero-order chi connectivity index (χ0) is 13.9. The molecule has 1 N–H and O–H groups in total. The molecular formula is C13H19Cl2F3N2O. The number of piperazine rings is 1. The number of ether oxygens (including phenoxy) is 1. The molecule has 1 aliphatic heterocycles. The lowest BCUT2D eigenvalue weighted by Crippen LogP contribution is -2.49. The van der Waals surface area contributed by atoms with Crippen molar-refractivity contribution in [2.24, 2.45) is 0 Å². The van der Waals surface area contributed by atoms with Gasteiger partial charge in [0.05, 0.1) is 0 Å². The van der Waals surface area contributed by atoms with Gasteiger partial charge in [-0.25, -0.2) is 0 Å². The lowest BCUT2D eigenvalue weighted by Gasteiger charge is -2.36. The molecule has 0 aliphatic carbocycles. The molecule has 1 atom stereocenters. The maximum atomic E-state index is 12.1. The predicted molar refractivity (Wildman–Crippen MR) is 82.2 cm³/mol. The summed E-state index contributed by atoms with van der Waals surface area (Å²) in [5, 5.41) is 3.27. The molecule has 0 bridgehead atoms. The summed E-state index contributed by atoms with van der Waals surface area (Å²) >= 11 is 0. The van der Waals surface area contributed by atoms with Crippen LogP contribution < -0.4 is 15.0 Å². The quantitative estimate of drug-likeness (QED) is 0.908. The highest BCUT2D eigenvalue weighted by Gasteiger charge is 2.28. The Balaban J connectivity index is 0.00000200. The van der Waals surface area contributed by atoms with Crippen LogP contribution in [0.2, 0.25) is 0 Å². The van der Waals surface area contributed by atoms with Crippen LogP contribution >= 0.6 is 24.8 Å². The number of anilines is 1. The summed E-state index contributed by atoms with van der Waals surface area (Å²) in [5.74, 6) is 0.251. The van der Waals surface area contributed by atoms with Crippen molar-refractivity contribution >= 4 is 30.5 Å². The van der Waals surface area contributed by atoms with E-state index in [9.17, 15) is 13.2 Å². The van der Waals surface area contributed by atoms with E-state index in [4.69, 9.17) is 4.74 Å². The van der Waals surface area contributed by atoms with Crippen molar-refractivity contribution in [1.29, 1.82) is 0 Å². The Morgan fingerprint density at radius 1 is 1.33 bits per heavy atom. The van der Waals surface area contributed by atoms with Crippen LogP contribution in [0.1, 0.15) is 6.92 Å². The van der Waals surface area contributed by atoms with Crippen LogP contribution in [0.15, 0.2) is 24.3 Å². The maximum Gasteiger partial charge on any atom is 0.422 e. The molecule has 0 amide bonds. The summed E-state index contributed by atoms with van der Waals surface area (Å²) in [5.41, 5.74) is 0.897. The fourth-order valence-electron chi connectivity index (χ4n) is 2.14. The molecule has 1 heterocycles. The van der Waals surface area contributed by atoms with Crippen LogP contribution in [0.4, 0.5) is 18.9 Å². The maximum absolute atomic E-state index is 12.1.